The van der Waals surface area contributed by atoms with Crippen molar-refractivity contribution < 1.29 is 14.3 Å². The summed E-state index contributed by atoms with van der Waals surface area (Å²) >= 11 is 0. The molecule has 4 heteroatoms. The molecule has 25 heavy (non-hydrogen) atoms. The molecular weight excluding hydrogens is 314 g/mol. The molecule has 1 atom stereocenters. The summed E-state index contributed by atoms with van der Waals surface area (Å²) in [7, 11) is 0. The maximum atomic E-state index is 12.7. The number of rotatable bonds is 8. The fourth-order valence-corrected chi connectivity index (χ4v) is 2.66. The summed E-state index contributed by atoms with van der Waals surface area (Å²) in [5.41, 5.74) is -0.0558. The Morgan fingerprint density at radius 3 is 2.40 bits per heavy atom. The lowest BCUT2D eigenvalue weighted by atomic mass is 10.0. The predicted molar refractivity (Wildman–Crippen MR) is 103 cm³/mol. The van der Waals surface area contributed by atoms with Crippen molar-refractivity contribution in [1.29, 1.82) is 0 Å². The Labute approximate surface area is 150 Å². The topological polar surface area (TPSA) is 47.6 Å². The molecule has 0 aliphatic heterocycles. The van der Waals surface area contributed by atoms with Crippen LogP contribution in [0, 0.1) is 5.92 Å². The van der Waals surface area contributed by atoms with Crippen molar-refractivity contribution in [2.45, 2.75) is 46.6 Å². The molecule has 0 radical (unpaired) electrons. The van der Waals surface area contributed by atoms with Crippen LogP contribution in [0.1, 0.15) is 41.0 Å². The molecule has 1 amide bonds. The Hall–Kier alpha value is -2.07. The maximum absolute atomic E-state index is 12.7. The molecule has 4 nitrogen and oxygen atoms in total. The maximum Gasteiger partial charge on any atom is 0.256 e. The molecule has 2 aromatic rings. The zero-order valence-corrected chi connectivity index (χ0v) is 15.9. The minimum Gasteiger partial charge on any atom is -0.493 e. The second kappa shape index (κ2) is 8.34. The molecule has 0 saturated heterocycles. The van der Waals surface area contributed by atoms with Crippen LogP contribution < -0.4 is 10.1 Å². The third kappa shape index (κ3) is 4.51. The lowest BCUT2D eigenvalue weighted by Gasteiger charge is -2.27. The van der Waals surface area contributed by atoms with Gasteiger partial charge in [-0.3, -0.25) is 4.79 Å². The molecule has 2 aromatic carbocycles. The Bertz CT molecular complexity index is 726. The Morgan fingerprint density at radius 1 is 1.12 bits per heavy atom. The molecule has 0 saturated carbocycles. The number of anilines is 1. The van der Waals surface area contributed by atoms with Crippen LogP contribution in [0.15, 0.2) is 36.4 Å². The number of amides is 1. The van der Waals surface area contributed by atoms with Crippen molar-refractivity contribution in [3.63, 3.8) is 0 Å². The van der Waals surface area contributed by atoms with Crippen LogP contribution >= 0.6 is 0 Å². The Morgan fingerprint density at radius 2 is 1.80 bits per heavy atom. The highest BCUT2D eigenvalue weighted by Gasteiger charge is 2.32. The minimum atomic E-state index is -0.831. The van der Waals surface area contributed by atoms with Gasteiger partial charge in [-0.25, -0.2) is 0 Å². The zero-order chi connectivity index (χ0) is 18.4. The second-order valence-electron chi connectivity index (χ2n) is 6.83. The van der Waals surface area contributed by atoms with Crippen LogP contribution in [-0.4, -0.2) is 24.7 Å². The third-order valence-corrected chi connectivity index (χ3v) is 4.32. The molecular formula is C21H29NO3. The highest BCUT2D eigenvalue weighted by molar-refractivity contribution is 6.06. The smallest absolute Gasteiger partial charge is 0.256 e. The van der Waals surface area contributed by atoms with E-state index in [2.05, 4.69) is 19.2 Å². The number of ether oxygens (including phenoxy) is 2. The van der Waals surface area contributed by atoms with Crippen molar-refractivity contribution in [3.8, 4) is 5.75 Å². The van der Waals surface area contributed by atoms with E-state index in [-0.39, 0.29) is 5.91 Å². The summed E-state index contributed by atoms with van der Waals surface area (Å²) < 4.78 is 11.6. The molecule has 1 N–H and O–H groups in total. The molecule has 0 spiro atoms. The molecule has 0 aliphatic rings. The first kappa shape index (κ1) is 19.3. The average Bonchev–Trinajstić information content (AvgIpc) is 2.60. The van der Waals surface area contributed by atoms with E-state index in [4.69, 9.17) is 9.47 Å². The van der Waals surface area contributed by atoms with Gasteiger partial charge in [0.1, 0.15) is 11.4 Å². The summed E-state index contributed by atoms with van der Waals surface area (Å²) in [6.07, 6.45) is 0.611. The molecule has 0 aromatic heterocycles. The lowest BCUT2D eigenvalue weighted by Crippen LogP contribution is -2.42. The van der Waals surface area contributed by atoms with E-state index in [9.17, 15) is 4.79 Å². The lowest BCUT2D eigenvalue weighted by molar-refractivity contribution is -0.139. The van der Waals surface area contributed by atoms with Gasteiger partial charge in [0, 0.05) is 23.1 Å². The average molecular weight is 343 g/mol. The van der Waals surface area contributed by atoms with Gasteiger partial charge < -0.3 is 14.8 Å². The molecule has 0 heterocycles. The van der Waals surface area contributed by atoms with Crippen LogP contribution in [0.2, 0.25) is 0 Å². The van der Waals surface area contributed by atoms with Gasteiger partial charge in [-0.2, -0.15) is 0 Å². The quantitative estimate of drug-likeness (QED) is 0.732. The first-order valence-corrected chi connectivity index (χ1v) is 9.01. The molecule has 1 unspecified atom stereocenters. The van der Waals surface area contributed by atoms with Gasteiger partial charge in [0.15, 0.2) is 0 Å². The van der Waals surface area contributed by atoms with Crippen LogP contribution in [-0.2, 0) is 9.53 Å². The summed E-state index contributed by atoms with van der Waals surface area (Å²) in [5.74, 6) is 1.16. The number of carbonyl (C=O) groups is 1. The fourth-order valence-electron chi connectivity index (χ4n) is 2.66. The Kier molecular flexibility index (Phi) is 6.43. The number of carbonyl (C=O) groups excluding carboxylic acids is 1. The molecule has 0 fully saturated rings. The van der Waals surface area contributed by atoms with Crippen molar-refractivity contribution in [1.82, 2.24) is 0 Å². The zero-order valence-electron chi connectivity index (χ0n) is 15.9. The third-order valence-electron chi connectivity index (χ3n) is 4.32. The van der Waals surface area contributed by atoms with Gasteiger partial charge in [-0.05, 0) is 38.3 Å². The molecule has 0 bridgehead atoms. The van der Waals surface area contributed by atoms with E-state index in [1.54, 1.807) is 0 Å². The fraction of sp³-hybridized carbons (Fsp3) is 0.476. The summed E-state index contributed by atoms with van der Waals surface area (Å²) in [4.78, 5) is 12.7. The summed E-state index contributed by atoms with van der Waals surface area (Å²) in [5, 5.41) is 4.99. The van der Waals surface area contributed by atoms with Crippen molar-refractivity contribution >= 4 is 22.4 Å². The van der Waals surface area contributed by atoms with Crippen molar-refractivity contribution in [2.75, 3.05) is 18.5 Å². The largest absolute Gasteiger partial charge is 0.493 e. The normalized spacial score (nSPS) is 13.7. The molecule has 0 aliphatic carbocycles. The van der Waals surface area contributed by atoms with E-state index < -0.39 is 5.60 Å². The van der Waals surface area contributed by atoms with Crippen LogP contribution in [0.5, 0.6) is 5.75 Å². The van der Waals surface area contributed by atoms with Crippen molar-refractivity contribution in [3.05, 3.63) is 36.4 Å². The van der Waals surface area contributed by atoms with Crippen LogP contribution in [0.25, 0.3) is 10.8 Å². The van der Waals surface area contributed by atoms with Gasteiger partial charge in [0.25, 0.3) is 5.91 Å². The standard InChI is InChI=1S/C21H29NO3/c1-6-21(5,25-7-2)20(23)22-18-12-13-19(24-14-15(3)4)17-11-9-8-10-16(17)18/h8-13,15H,6-7,14H2,1-5H3,(H,22,23). The first-order valence-electron chi connectivity index (χ1n) is 9.01. The highest BCUT2D eigenvalue weighted by Crippen LogP contribution is 2.32. The van der Waals surface area contributed by atoms with Gasteiger partial charge in [-0.1, -0.05) is 45.0 Å². The SMILES string of the molecule is CCOC(C)(CC)C(=O)Nc1ccc(OCC(C)C)c2ccccc12. The second-order valence-corrected chi connectivity index (χ2v) is 6.83. The van der Waals surface area contributed by atoms with E-state index in [1.165, 1.54) is 0 Å². The number of fused-ring (bicyclic) bond motifs is 1. The van der Waals surface area contributed by atoms with E-state index in [0.717, 1.165) is 22.2 Å². The van der Waals surface area contributed by atoms with Crippen LogP contribution in [0.4, 0.5) is 5.69 Å². The highest BCUT2D eigenvalue weighted by atomic mass is 16.5. The molecule has 136 valence electrons. The molecule has 2 rings (SSSR count). The first-order chi connectivity index (χ1) is 11.9. The predicted octanol–water partition coefficient (Wildman–Crippen LogP) is 5.02. The monoisotopic (exact) mass is 343 g/mol. The van der Waals surface area contributed by atoms with Gasteiger partial charge >= 0.3 is 0 Å². The summed E-state index contributed by atoms with van der Waals surface area (Å²) in [6, 6.07) is 11.8. The minimum absolute atomic E-state index is 0.127. The number of benzene rings is 2. The van der Waals surface area contributed by atoms with Crippen LogP contribution in [0.3, 0.4) is 0 Å². The van der Waals surface area contributed by atoms with E-state index in [0.29, 0.717) is 25.6 Å². The Balaban J connectivity index is 2.33. The van der Waals surface area contributed by atoms with E-state index in [1.807, 2.05) is 57.2 Å². The number of nitrogens with one attached hydrogen (secondary N) is 1. The van der Waals surface area contributed by atoms with Gasteiger partial charge in [0.05, 0.1) is 6.61 Å². The van der Waals surface area contributed by atoms with Gasteiger partial charge in [0.2, 0.25) is 0 Å². The van der Waals surface area contributed by atoms with E-state index >= 15 is 0 Å². The number of hydrogen-bond donors (Lipinski definition) is 1. The summed E-state index contributed by atoms with van der Waals surface area (Å²) in [6.45, 7) is 11.1. The van der Waals surface area contributed by atoms with Crippen molar-refractivity contribution in [2.24, 2.45) is 5.92 Å². The number of hydrogen-bond acceptors (Lipinski definition) is 3. The van der Waals surface area contributed by atoms with Gasteiger partial charge in [-0.15, -0.1) is 0 Å².